The van der Waals surface area contributed by atoms with Crippen molar-refractivity contribution in [2.24, 2.45) is 0 Å². The summed E-state index contributed by atoms with van der Waals surface area (Å²) in [5, 5.41) is 3.37. The van der Waals surface area contributed by atoms with Gasteiger partial charge in [-0.15, -0.1) is 0 Å². The first-order chi connectivity index (χ1) is 17.0. The van der Waals surface area contributed by atoms with E-state index in [2.05, 4.69) is 5.32 Å². The third kappa shape index (κ3) is 4.95. The van der Waals surface area contributed by atoms with E-state index in [1.165, 1.54) is 0 Å². The zero-order valence-electron chi connectivity index (χ0n) is 20.6. The average molecular weight is 478 g/mol. The highest BCUT2D eigenvalue weighted by Gasteiger charge is 2.42. The summed E-state index contributed by atoms with van der Waals surface area (Å²) in [4.78, 5) is 26.9. The summed E-state index contributed by atoms with van der Waals surface area (Å²) in [6, 6.07) is 15.3. The number of benzene rings is 2. The van der Waals surface area contributed by atoms with Crippen molar-refractivity contribution in [1.29, 1.82) is 0 Å². The Kier molecular flexibility index (Phi) is 7.56. The second-order valence-electron chi connectivity index (χ2n) is 8.66. The summed E-state index contributed by atoms with van der Waals surface area (Å²) >= 11 is 0. The third-order valence-electron chi connectivity index (χ3n) is 6.61. The molecule has 0 radical (unpaired) electrons. The van der Waals surface area contributed by atoms with Crippen molar-refractivity contribution >= 4 is 11.8 Å². The van der Waals surface area contributed by atoms with Gasteiger partial charge in [0.25, 0.3) is 0 Å². The first-order valence-electron chi connectivity index (χ1n) is 11.6. The number of ether oxygens (including phenoxy) is 4. The lowest BCUT2D eigenvalue weighted by Gasteiger charge is -2.37. The molecular formula is C28H31NO6. The number of carbonyl (C=O) groups excluding carboxylic acids is 2. The van der Waals surface area contributed by atoms with Crippen LogP contribution in [0.5, 0.6) is 11.5 Å². The molecule has 0 unspecified atom stereocenters. The number of esters is 1. The largest absolute Gasteiger partial charge is 0.497 e. The Balaban J connectivity index is 1.76. The Morgan fingerprint density at radius 1 is 0.971 bits per heavy atom. The minimum Gasteiger partial charge on any atom is -0.497 e. The van der Waals surface area contributed by atoms with Gasteiger partial charge in [-0.25, -0.2) is 4.79 Å². The first kappa shape index (κ1) is 24.5. The van der Waals surface area contributed by atoms with Gasteiger partial charge in [0.2, 0.25) is 0 Å². The topological polar surface area (TPSA) is 83.1 Å². The molecule has 1 aliphatic carbocycles. The van der Waals surface area contributed by atoms with Gasteiger partial charge in [0.1, 0.15) is 18.1 Å². The summed E-state index contributed by atoms with van der Waals surface area (Å²) in [6.07, 6.45) is 1.01. The molecule has 7 heteroatoms. The molecule has 0 spiro atoms. The number of rotatable bonds is 8. The predicted octanol–water partition coefficient (Wildman–Crippen LogP) is 4.26. The van der Waals surface area contributed by atoms with Gasteiger partial charge in [-0.1, -0.05) is 30.3 Å². The minimum absolute atomic E-state index is 0.00478. The van der Waals surface area contributed by atoms with E-state index in [1.54, 1.807) is 21.3 Å². The maximum atomic E-state index is 13.7. The molecule has 7 nitrogen and oxygen atoms in total. The van der Waals surface area contributed by atoms with Crippen LogP contribution in [0.1, 0.15) is 42.7 Å². The number of hydrogen-bond donors (Lipinski definition) is 1. The van der Waals surface area contributed by atoms with E-state index in [0.29, 0.717) is 42.0 Å². The summed E-state index contributed by atoms with van der Waals surface area (Å²) in [7, 11) is 4.77. The fraction of sp³-hybridized carbons (Fsp3) is 0.357. The fourth-order valence-electron chi connectivity index (χ4n) is 4.93. The predicted molar refractivity (Wildman–Crippen MR) is 131 cm³/mol. The number of dihydropyridines is 1. The minimum atomic E-state index is -0.582. The summed E-state index contributed by atoms with van der Waals surface area (Å²) < 4.78 is 21.4. The van der Waals surface area contributed by atoms with E-state index in [4.69, 9.17) is 18.9 Å². The fourth-order valence-corrected chi connectivity index (χ4v) is 4.93. The normalized spacial score (nSPS) is 19.7. The number of Topliss-reactive ketones (excluding diaryl/α,β-unsaturated/α-hetero) is 1. The van der Waals surface area contributed by atoms with Crippen molar-refractivity contribution in [3.05, 3.63) is 82.2 Å². The lowest BCUT2D eigenvalue weighted by molar-refractivity contribution is -0.140. The maximum Gasteiger partial charge on any atom is 0.336 e. The van der Waals surface area contributed by atoms with Gasteiger partial charge in [0, 0.05) is 36.1 Å². The van der Waals surface area contributed by atoms with Crippen LogP contribution in [0.3, 0.4) is 0 Å². The van der Waals surface area contributed by atoms with E-state index < -0.39 is 11.9 Å². The quantitative estimate of drug-likeness (QED) is 0.449. The molecule has 184 valence electrons. The van der Waals surface area contributed by atoms with E-state index in [9.17, 15) is 9.59 Å². The van der Waals surface area contributed by atoms with Crippen molar-refractivity contribution in [3.8, 4) is 11.5 Å². The van der Waals surface area contributed by atoms with Crippen molar-refractivity contribution in [2.45, 2.75) is 31.6 Å². The monoisotopic (exact) mass is 477 g/mol. The van der Waals surface area contributed by atoms with E-state index in [0.717, 1.165) is 22.6 Å². The maximum absolute atomic E-state index is 13.7. The molecule has 0 saturated heterocycles. The highest BCUT2D eigenvalue weighted by atomic mass is 16.6. The Labute approximate surface area is 205 Å². The van der Waals surface area contributed by atoms with Crippen LogP contribution in [0.15, 0.2) is 71.1 Å². The van der Waals surface area contributed by atoms with Crippen molar-refractivity contribution in [1.82, 2.24) is 5.32 Å². The van der Waals surface area contributed by atoms with Crippen LogP contribution < -0.4 is 14.8 Å². The molecule has 0 bridgehead atoms. The van der Waals surface area contributed by atoms with E-state index >= 15 is 0 Å². The summed E-state index contributed by atoms with van der Waals surface area (Å²) in [5.41, 5.74) is 4.37. The highest BCUT2D eigenvalue weighted by molar-refractivity contribution is 6.04. The number of para-hydroxylation sites is 1. The van der Waals surface area contributed by atoms with Gasteiger partial charge < -0.3 is 24.3 Å². The Morgan fingerprint density at radius 2 is 1.71 bits per heavy atom. The van der Waals surface area contributed by atoms with Crippen LogP contribution in [0.25, 0.3) is 0 Å². The van der Waals surface area contributed by atoms with Crippen molar-refractivity contribution in [2.75, 3.05) is 34.5 Å². The number of carbonyl (C=O) groups is 2. The number of hydrogen-bond acceptors (Lipinski definition) is 7. The smallest absolute Gasteiger partial charge is 0.336 e. The second kappa shape index (κ2) is 10.8. The standard InChI is InChI=1S/C28H31NO6/c1-17-25(28(31)35-14-13-32-2)26(21-7-5-6-8-24(21)34-4)27-22(29-17)15-19(16-23(27)30)18-9-11-20(33-3)12-10-18/h5-12,19,26,29H,13-16H2,1-4H3/t19-,26-/m1/s1. The molecule has 0 amide bonds. The Bertz CT molecular complexity index is 1160. The molecule has 4 rings (SSSR count). The van der Waals surface area contributed by atoms with Gasteiger partial charge >= 0.3 is 5.97 Å². The zero-order chi connectivity index (χ0) is 24.9. The van der Waals surface area contributed by atoms with Crippen LogP contribution in [0.4, 0.5) is 0 Å². The molecule has 2 aromatic rings. The summed E-state index contributed by atoms with van der Waals surface area (Å²) in [5.74, 6) is 0.372. The molecule has 0 saturated carbocycles. The number of ketones is 1. The Hall–Kier alpha value is -3.58. The molecule has 35 heavy (non-hydrogen) atoms. The highest BCUT2D eigenvalue weighted by Crippen LogP contribution is 2.47. The lowest BCUT2D eigenvalue weighted by atomic mass is 9.71. The average Bonchev–Trinajstić information content (AvgIpc) is 2.87. The third-order valence-corrected chi connectivity index (χ3v) is 6.61. The molecular weight excluding hydrogens is 446 g/mol. The van der Waals surface area contributed by atoms with Crippen molar-refractivity contribution in [3.63, 3.8) is 0 Å². The molecule has 1 aliphatic heterocycles. The summed E-state index contributed by atoms with van der Waals surface area (Å²) in [6.45, 7) is 2.27. The molecule has 2 atom stereocenters. The lowest BCUT2D eigenvalue weighted by Crippen LogP contribution is -2.36. The molecule has 2 aliphatic rings. The molecule has 1 heterocycles. The molecule has 0 aromatic heterocycles. The number of methoxy groups -OCH3 is 3. The van der Waals surface area contributed by atoms with Crippen LogP contribution in [0.2, 0.25) is 0 Å². The van der Waals surface area contributed by atoms with Gasteiger partial charge in [-0.05, 0) is 43.0 Å². The number of allylic oxidation sites excluding steroid dienone is 3. The van der Waals surface area contributed by atoms with Gasteiger partial charge in [0.15, 0.2) is 5.78 Å². The number of nitrogens with one attached hydrogen (secondary N) is 1. The van der Waals surface area contributed by atoms with Crippen LogP contribution in [-0.2, 0) is 19.1 Å². The Morgan fingerprint density at radius 3 is 2.40 bits per heavy atom. The van der Waals surface area contributed by atoms with Crippen LogP contribution >= 0.6 is 0 Å². The molecule has 1 N–H and O–H groups in total. The van der Waals surface area contributed by atoms with E-state index in [1.807, 2.05) is 55.5 Å². The van der Waals surface area contributed by atoms with Crippen LogP contribution in [0, 0.1) is 0 Å². The second-order valence-corrected chi connectivity index (χ2v) is 8.66. The molecule has 2 aromatic carbocycles. The molecule has 0 fully saturated rings. The zero-order valence-corrected chi connectivity index (χ0v) is 20.6. The van der Waals surface area contributed by atoms with Gasteiger partial charge in [-0.3, -0.25) is 4.79 Å². The first-order valence-corrected chi connectivity index (χ1v) is 11.6. The van der Waals surface area contributed by atoms with E-state index in [-0.39, 0.29) is 18.3 Å². The SMILES string of the molecule is COCCOC(=O)C1=C(C)NC2=C(C(=O)C[C@H](c3ccc(OC)cc3)C2)[C@@H]1c1ccccc1OC. The van der Waals surface area contributed by atoms with Gasteiger partial charge in [-0.2, -0.15) is 0 Å². The van der Waals surface area contributed by atoms with Crippen molar-refractivity contribution < 1.29 is 28.5 Å². The van der Waals surface area contributed by atoms with Crippen LogP contribution in [-0.4, -0.2) is 46.3 Å². The van der Waals surface area contributed by atoms with Gasteiger partial charge in [0.05, 0.1) is 32.3 Å².